The van der Waals surface area contributed by atoms with Gasteiger partial charge in [0.2, 0.25) is 5.91 Å². The van der Waals surface area contributed by atoms with Gasteiger partial charge in [0, 0.05) is 22.8 Å². The van der Waals surface area contributed by atoms with Gasteiger partial charge in [0.05, 0.1) is 20.1 Å². The third kappa shape index (κ3) is 3.51. The standard InChI is InChI=1S/C19H20N2O3/c1-3-24-15-6-4-14(5-7-15)21-19(22)10-13-12-20-18-9-8-16(23-2)11-17(13)18/h4-9,11-12,20H,3,10H2,1-2H3,(H,21,22). The van der Waals surface area contributed by atoms with Crippen LogP contribution >= 0.6 is 0 Å². The highest BCUT2D eigenvalue weighted by atomic mass is 16.5. The second kappa shape index (κ2) is 7.08. The minimum Gasteiger partial charge on any atom is -0.497 e. The highest BCUT2D eigenvalue weighted by Crippen LogP contribution is 2.24. The second-order valence-corrected chi connectivity index (χ2v) is 5.41. The number of hydrogen-bond donors (Lipinski definition) is 2. The zero-order valence-corrected chi connectivity index (χ0v) is 13.8. The van der Waals surface area contributed by atoms with Crippen LogP contribution in [0.15, 0.2) is 48.7 Å². The van der Waals surface area contributed by atoms with E-state index in [1.54, 1.807) is 7.11 Å². The monoisotopic (exact) mass is 324 g/mol. The average Bonchev–Trinajstić information content (AvgIpc) is 2.99. The van der Waals surface area contributed by atoms with E-state index >= 15 is 0 Å². The van der Waals surface area contributed by atoms with E-state index in [0.29, 0.717) is 13.0 Å². The van der Waals surface area contributed by atoms with E-state index in [2.05, 4.69) is 10.3 Å². The van der Waals surface area contributed by atoms with Crippen molar-refractivity contribution in [3.8, 4) is 11.5 Å². The molecule has 0 bridgehead atoms. The summed E-state index contributed by atoms with van der Waals surface area (Å²) in [6.45, 7) is 2.56. The smallest absolute Gasteiger partial charge is 0.228 e. The largest absolute Gasteiger partial charge is 0.497 e. The molecule has 3 aromatic rings. The molecule has 0 aliphatic rings. The predicted molar refractivity (Wildman–Crippen MR) is 94.8 cm³/mol. The number of hydrogen-bond acceptors (Lipinski definition) is 3. The topological polar surface area (TPSA) is 63.3 Å². The van der Waals surface area contributed by atoms with Gasteiger partial charge in [-0.1, -0.05) is 0 Å². The predicted octanol–water partition coefficient (Wildman–Crippen LogP) is 3.76. The van der Waals surface area contributed by atoms with E-state index in [4.69, 9.17) is 9.47 Å². The Morgan fingerprint density at radius 3 is 2.58 bits per heavy atom. The molecule has 2 aromatic carbocycles. The first-order chi connectivity index (χ1) is 11.7. The van der Waals surface area contributed by atoms with Gasteiger partial charge in [0.1, 0.15) is 11.5 Å². The van der Waals surface area contributed by atoms with Crippen LogP contribution in [0.5, 0.6) is 11.5 Å². The molecule has 2 N–H and O–H groups in total. The molecule has 124 valence electrons. The Labute approximate surface area is 140 Å². The summed E-state index contributed by atoms with van der Waals surface area (Å²) in [5.41, 5.74) is 2.67. The number of rotatable bonds is 6. The molecule has 1 heterocycles. The number of carbonyl (C=O) groups is 1. The Kier molecular flexibility index (Phi) is 4.70. The third-order valence-corrected chi connectivity index (χ3v) is 3.77. The lowest BCUT2D eigenvalue weighted by atomic mass is 10.1. The molecule has 5 heteroatoms. The van der Waals surface area contributed by atoms with Crippen LogP contribution in [-0.2, 0) is 11.2 Å². The molecular weight excluding hydrogens is 304 g/mol. The lowest BCUT2D eigenvalue weighted by Crippen LogP contribution is -2.14. The van der Waals surface area contributed by atoms with Gasteiger partial charge in [-0.25, -0.2) is 0 Å². The lowest BCUT2D eigenvalue weighted by Gasteiger charge is -2.07. The van der Waals surface area contributed by atoms with Crippen molar-refractivity contribution in [1.82, 2.24) is 4.98 Å². The quantitative estimate of drug-likeness (QED) is 0.726. The number of aromatic amines is 1. The number of ether oxygens (including phenoxy) is 2. The van der Waals surface area contributed by atoms with Crippen LogP contribution in [0.3, 0.4) is 0 Å². The second-order valence-electron chi connectivity index (χ2n) is 5.41. The summed E-state index contributed by atoms with van der Waals surface area (Å²) < 4.78 is 10.6. The van der Waals surface area contributed by atoms with Crippen molar-refractivity contribution in [3.63, 3.8) is 0 Å². The van der Waals surface area contributed by atoms with Gasteiger partial charge in [-0.15, -0.1) is 0 Å². The lowest BCUT2D eigenvalue weighted by molar-refractivity contribution is -0.115. The number of H-pyrrole nitrogens is 1. The van der Waals surface area contributed by atoms with Crippen LogP contribution in [0.4, 0.5) is 5.69 Å². The summed E-state index contributed by atoms with van der Waals surface area (Å²) in [6, 6.07) is 13.1. The van der Waals surface area contributed by atoms with Crippen molar-refractivity contribution in [3.05, 3.63) is 54.2 Å². The molecule has 0 radical (unpaired) electrons. The zero-order chi connectivity index (χ0) is 16.9. The van der Waals surface area contributed by atoms with Crippen molar-refractivity contribution >= 4 is 22.5 Å². The number of aromatic nitrogens is 1. The van der Waals surface area contributed by atoms with Crippen LogP contribution in [0, 0.1) is 0 Å². The molecule has 3 rings (SSSR count). The van der Waals surface area contributed by atoms with Gasteiger partial charge in [-0.05, 0) is 55.0 Å². The van der Waals surface area contributed by atoms with Gasteiger partial charge in [0.15, 0.2) is 0 Å². The fourth-order valence-electron chi connectivity index (χ4n) is 2.61. The molecule has 0 unspecified atom stereocenters. The summed E-state index contributed by atoms with van der Waals surface area (Å²) >= 11 is 0. The maximum Gasteiger partial charge on any atom is 0.228 e. The van der Waals surface area contributed by atoms with Gasteiger partial charge in [-0.2, -0.15) is 0 Å². The Bertz CT molecular complexity index is 837. The van der Waals surface area contributed by atoms with Gasteiger partial charge in [0.25, 0.3) is 0 Å². The zero-order valence-electron chi connectivity index (χ0n) is 13.8. The van der Waals surface area contributed by atoms with Gasteiger partial charge in [-0.3, -0.25) is 4.79 Å². The number of anilines is 1. The van der Waals surface area contributed by atoms with Crippen molar-refractivity contribution in [2.24, 2.45) is 0 Å². The average molecular weight is 324 g/mol. The van der Waals surface area contributed by atoms with E-state index in [9.17, 15) is 4.79 Å². The van der Waals surface area contributed by atoms with Crippen LogP contribution < -0.4 is 14.8 Å². The van der Waals surface area contributed by atoms with Crippen LogP contribution in [0.25, 0.3) is 10.9 Å². The summed E-state index contributed by atoms with van der Waals surface area (Å²) in [7, 11) is 1.63. The fraction of sp³-hybridized carbons (Fsp3) is 0.211. The molecule has 0 spiro atoms. The van der Waals surface area contributed by atoms with Crippen molar-refractivity contribution in [2.45, 2.75) is 13.3 Å². The number of carbonyl (C=O) groups excluding carboxylic acids is 1. The first kappa shape index (κ1) is 15.9. The Hall–Kier alpha value is -2.95. The van der Waals surface area contributed by atoms with Gasteiger partial charge >= 0.3 is 0 Å². The number of methoxy groups -OCH3 is 1. The molecule has 1 amide bonds. The Morgan fingerprint density at radius 2 is 1.88 bits per heavy atom. The summed E-state index contributed by atoms with van der Waals surface area (Å²) in [5.74, 6) is 1.50. The minimum atomic E-state index is -0.0668. The molecule has 0 fully saturated rings. The van der Waals surface area contributed by atoms with E-state index in [0.717, 1.165) is 33.7 Å². The maximum atomic E-state index is 12.3. The van der Waals surface area contributed by atoms with Crippen LogP contribution in [0.1, 0.15) is 12.5 Å². The summed E-state index contributed by atoms with van der Waals surface area (Å²) in [4.78, 5) is 15.5. The first-order valence-corrected chi connectivity index (χ1v) is 7.86. The number of benzene rings is 2. The summed E-state index contributed by atoms with van der Waals surface area (Å²) in [6.07, 6.45) is 2.16. The van der Waals surface area contributed by atoms with Crippen molar-refractivity contribution in [1.29, 1.82) is 0 Å². The third-order valence-electron chi connectivity index (χ3n) is 3.77. The Balaban J connectivity index is 1.70. The number of fused-ring (bicyclic) bond motifs is 1. The van der Waals surface area contributed by atoms with E-state index < -0.39 is 0 Å². The fourth-order valence-corrected chi connectivity index (χ4v) is 2.61. The molecule has 0 aliphatic heterocycles. The van der Waals surface area contributed by atoms with Crippen molar-refractivity contribution < 1.29 is 14.3 Å². The molecule has 24 heavy (non-hydrogen) atoms. The molecular formula is C19H20N2O3. The molecule has 1 aromatic heterocycles. The molecule has 0 saturated heterocycles. The van der Waals surface area contributed by atoms with Gasteiger partial charge < -0.3 is 19.8 Å². The molecule has 5 nitrogen and oxygen atoms in total. The van der Waals surface area contributed by atoms with E-state index in [-0.39, 0.29) is 5.91 Å². The minimum absolute atomic E-state index is 0.0668. The van der Waals surface area contributed by atoms with E-state index in [1.807, 2.05) is 55.6 Å². The highest BCUT2D eigenvalue weighted by Gasteiger charge is 2.10. The first-order valence-electron chi connectivity index (χ1n) is 7.86. The molecule has 0 aliphatic carbocycles. The molecule has 0 atom stereocenters. The number of nitrogens with one attached hydrogen (secondary N) is 2. The summed E-state index contributed by atoms with van der Waals surface area (Å²) in [5, 5.41) is 3.90. The Morgan fingerprint density at radius 1 is 1.12 bits per heavy atom. The van der Waals surface area contributed by atoms with Crippen molar-refractivity contribution in [2.75, 3.05) is 19.0 Å². The SMILES string of the molecule is CCOc1ccc(NC(=O)Cc2c[nH]c3ccc(OC)cc23)cc1. The maximum absolute atomic E-state index is 12.3. The number of amides is 1. The normalized spacial score (nSPS) is 10.6. The van der Waals surface area contributed by atoms with E-state index in [1.165, 1.54) is 0 Å². The molecule has 0 saturated carbocycles. The highest BCUT2D eigenvalue weighted by molar-refractivity contribution is 5.96. The van der Waals surface area contributed by atoms with Crippen LogP contribution in [-0.4, -0.2) is 24.6 Å². The van der Waals surface area contributed by atoms with Crippen LogP contribution in [0.2, 0.25) is 0 Å².